The van der Waals surface area contributed by atoms with Gasteiger partial charge in [0.25, 0.3) is 0 Å². The summed E-state index contributed by atoms with van der Waals surface area (Å²) in [7, 11) is 1.76. The van der Waals surface area contributed by atoms with Crippen LogP contribution in [0.25, 0.3) is 10.9 Å². The molecule has 0 bridgehead atoms. The van der Waals surface area contributed by atoms with Gasteiger partial charge in [0, 0.05) is 11.1 Å². The minimum atomic E-state index is -4.34. The second-order valence-electron chi connectivity index (χ2n) is 3.99. The van der Waals surface area contributed by atoms with Gasteiger partial charge in [0.2, 0.25) is 0 Å². The third-order valence-electron chi connectivity index (χ3n) is 2.59. The molecule has 0 saturated heterocycles. The third-order valence-corrected chi connectivity index (χ3v) is 2.59. The number of halogens is 3. The third kappa shape index (κ3) is 2.43. The summed E-state index contributed by atoms with van der Waals surface area (Å²) in [5.74, 6) is 0.572. The Morgan fingerprint density at radius 2 is 1.94 bits per heavy atom. The Morgan fingerprint density at radius 3 is 2.56 bits per heavy atom. The maximum atomic E-state index is 12.6. The molecule has 2 aromatic rings. The highest BCUT2D eigenvalue weighted by Crippen LogP contribution is 2.31. The van der Waals surface area contributed by atoms with Crippen molar-refractivity contribution in [3.05, 3.63) is 35.3 Å². The quantitative estimate of drug-likeness (QED) is 0.896. The Bertz CT molecular complexity index is 579. The fourth-order valence-corrected chi connectivity index (χ4v) is 1.75. The number of aromatic nitrogens is 2. The van der Waals surface area contributed by atoms with Crippen LogP contribution in [0.1, 0.15) is 17.1 Å². The molecule has 0 aliphatic rings. The number of fused-ring (bicyclic) bond motifs is 1. The van der Waals surface area contributed by atoms with Crippen LogP contribution in [0.2, 0.25) is 0 Å². The van der Waals surface area contributed by atoms with E-state index in [1.54, 1.807) is 14.0 Å². The molecule has 0 fully saturated rings. The summed E-state index contributed by atoms with van der Waals surface area (Å²) in [5.41, 5.74) is 0.403. The second-order valence-corrected chi connectivity index (χ2v) is 3.99. The van der Waals surface area contributed by atoms with E-state index >= 15 is 0 Å². The minimum absolute atomic E-state index is 0.435. The average Bonchev–Trinajstić information content (AvgIpc) is 2.27. The van der Waals surface area contributed by atoms with E-state index in [-0.39, 0.29) is 0 Å². The Balaban J connectivity index is 2.58. The Kier molecular flexibility index (Phi) is 3.21. The molecule has 1 heterocycles. The average molecular weight is 255 g/mol. The summed E-state index contributed by atoms with van der Waals surface area (Å²) in [6.45, 7) is 2.17. The van der Waals surface area contributed by atoms with Gasteiger partial charge >= 0.3 is 6.18 Å². The van der Waals surface area contributed by atoms with Crippen molar-refractivity contribution in [1.82, 2.24) is 15.3 Å². The lowest BCUT2D eigenvalue weighted by molar-refractivity contribution is -0.137. The number of nitrogens with zero attached hydrogens (tertiary/aromatic N) is 2. The van der Waals surface area contributed by atoms with Gasteiger partial charge in [-0.05, 0) is 32.2 Å². The van der Waals surface area contributed by atoms with Crippen LogP contribution in [0.15, 0.2) is 18.2 Å². The van der Waals surface area contributed by atoms with Crippen molar-refractivity contribution in [1.29, 1.82) is 0 Å². The van der Waals surface area contributed by atoms with Gasteiger partial charge in [0.15, 0.2) is 0 Å². The molecule has 0 atom stereocenters. The van der Waals surface area contributed by atoms with Crippen molar-refractivity contribution in [2.45, 2.75) is 19.6 Å². The smallest absolute Gasteiger partial charge is 0.313 e. The first kappa shape index (κ1) is 12.8. The van der Waals surface area contributed by atoms with Crippen LogP contribution < -0.4 is 5.32 Å². The van der Waals surface area contributed by atoms with Gasteiger partial charge in [-0.15, -0.1) is 0 Å². The Labute approximate surface area is 102 Å². The van der Waals surface area contributed by atoms with Crippen LogP contribution in [0.3, 0.4) is 0 Å². The van der Waals surface area contributed by atoms with Gasteiger partial charge in [0.1, 0.15) is 5.82 Å². The predicted molar refractivity (Wildman–Crippen MR) is 62.0 cm³/mol. The lowest BCUT2D eigenvalue weighted by atomic mass is 10.1. The molecule has 1 aromatic carbocycles. The summed E-state index contributed by atoms with van der Waals surface area (Å²) < 4.78 is 37.8. The number of benzene rings is 1. The van der Waals surface area contributed by atoms with Crippen LogP contribution in [0.4, 0.5) is 13.2 Å². The lowest BCUT2D eigenvalue weighted by Crippen LogP contribution is -2.10. The molecule has 2 rings (SSSR count). The van der Waals surface area contributed by atoms with Crippen molar-refractivity contribution in [3.63, 3.8) is 0 Å². The highest BCUT2D eigenvalue weighted by atomic mass is 19.4. The summed E-state index contributed by atoms with van der Waals surface area (Å²) in [4.78, 5) is 8.38. The summed E-state index contributed by atoms with van der Waals surface area (Å²) in [5, 5.41) is 3.34. The number of aryl methyl sites for hydroxylation is 1. The second kappa shape index (κ2) is 4.53. The van der Waals surface area contributed by atoms with Gasteiger partial charge in [-0.2, -0.15) is 13.2 Å². The highest BCUT2D eigenvalue weighted by molar-refractivity contribution is 5.81. The number of hydrogen-bond acceptors (Lipinski definition) is 3. The van der Waals surface area contributed by atoms with E-state index in [1.807, 2.05) is 0 Å². The lowest BCUT2D eigenvalue weighted by Gasteiger charge is -2.09. The molecule has 0 unspecified atom stereocenters. The van der Waals surface area contributed by atoms with Gasteiger partial charge in [-0.25, -0.2) is 9.97 Å². The number of alkyl halides is 3. The predicted octanol–water partition coefficient (Wildman–Crippen LogP) is 2.68. The molecule has 18 heavy (non-hydrogen) atoms. The van der Waals surface area contributed by atoms with Crippen molar-refractivity contribution in [3.8, 4) is 0 Å². The summed E-state index contributed by atoms with van der Waals surface area (Å²) in [6.07, 6.45) is -4.34. The summed E-state index contributed by atoms with van der Waals surface area (Å²) >= 11 is 0. The van der Waals surface area contributed by atoms with Crippen molar-refractivity contribution in [2.75, 3.05) is 7.05 Å². The Morgan fingerprint density at radius 1 is 1.22 bits per heavy atom. The van der Waals surface area contributed by atoms with Gasteiger partial charge in [-0.1, -0.05) is 0 Å². The fraction of sp³-hybridized carbons (Fsp3) is 0.333. The van der Waals surface area contributed by atoms with Crippen LogP contribution in [-0.2, 0) is 12.7 Å². The van der Waals surface area contributed by atoms with E-state index in [1.165, 1.54) is 6.07 Å². The molecule has 0 saturated carbocycles. The normalized spacial score (nSPS) is 12.1. The van der Waals surface area contributed by atoms with Crippen LogP contribution in [0, 0.1) is 6.92 Å². The monoisotopic (exact) mass is 255 g/mol. The molecule has 96 valence electrons. The molecular weight excluding hydrogens is 243 g/mol. The van der Waals surface area contributed by atoms with E-state index in [0.29, 0.717) is 29.0 Å². The molecule has 3 nitrogen and oxygen atoms in total. The highest BCUT2D eigenvalue weighted by Gasteiger charge is 2.30. The van der Waals surface area contributed by atoms with Gasteiger partial charge in [0.05, 0.1) is 17.6 Å². The first-order valence-electron chi connectivity index (χ1n) is 5.41. The molecule has 0 aliphatic heterocycles. The van der Waals surface area contributed by atoms with Crippen LogP contribution in [-0.4, -0.2) is 17.0 Å². The van der Waals surface area contributed by atoms with Crippen molar-refractivity contribution < 1.29 is 13.2 Å². The maximum absolute atomic E-state index is 12.6. The standard InChI is InChI=1S/C12H12F3N3/c1-7-9-5-8(12(13,14)15)3-4-10(9)18-11(17-7)6-16-2/h3-5,16H,6H2,1-2H3. The molecule has 1 aromatic heterocycles. The number of hydrogen-bond donors (Lipinski definition) is 1. The molecular formula is C12H12F3N3. The molecule has 0 aliphatic carbocycles. The van der Waals surface area contributed by atoms with Crippen molar-refractivity contribution >= 4 is 10.9 Å². The zero-order valence-electron chi connectivity index (χ0n) is 9.97. The molecule has 0 radical (unpaired) electrons. The van der Waals surface area contributed by atoms with E-state index < -0.39 is 11.7 Å². The SMILES string of the molecule is CNCc1nc(C)c2cc(C(F)(F)F)ccc2n1. The topological polar surface area (TPSA) is 37.8 Å². The van der Waals surface area contributed by atoms with Gasteiger partial charge in [-0.3, -0.25) is 0 Å². The Hall–Kier alpha value is -1.69. The van der Waals surface area contributed by atoms with Crippen LogP contribution in [0.5, 0.6) is 0 Å². The largest absolute Gasteiger partial charge is 0.416 e. The molecule has 1 N–H and O–H groups in total. The van der Waals surface area contributed by atoms with Gasteiger partial charge < -0.3 is 5.32 Å². The zero-order chi connectivity index (χ0) is 13.3. The molecule has 6 heteroatoms. The molecule has 0 spiro atoms. The zero-order valence-corrected chi connectivity index (χ0v) is 9.97. The first-order valence-corrected chi connectivity index (χ1v) is 5.41. The summed E-state index contributed by atoms with van der Waals surface area (Å²) in [6, 6.07) is 3.51. The molecule has 0 amide bonds. The number of nitrogens with one attached hydrogen (secondary N) is 1. The van der Waals surface area contributed by atoms with E-state index in [2.05, 4.69) is 15.3 Å². The fourth-order valence-electron chi connectivity index (χ4n) is 1.75. The van der Waals surface area contributed by atoms with E-state index in [9.17, 15) is 13.2 Å². The van der Waals surface area contributed by atoms with E-state index in [4.69, 9.17) is 0 Å². The number of rotatable bonds is 2. The van der Waals surface area contributed by atoms with Crippen LogP contribution >= 0.6 is 0 Å². The maximum Gasteiger partial charge on any atom is 0.416 e. The van der Waals surface area contributed by atoms with Crippen molar-refractivity contribution in [2.24, 2.45) is 0 Å². The van der Waals surface area contributed by atoms with E-state index in [0.717, 1.165) is 12.1 Å². The first-order chi connectivity index (χ1) is 8.41. The minimum Gasteiger partial charge on any atom is -0.313 e.